The molecule has 1 N–H and O–H groups in total. The van der Waals surface area contributed by atoms with Crippen LogP contribution in [0.2, 0.25) is 0 Å². The van der Waals surface area contributed by atoms with Crippen molar-refractivity contribution in [3.8, 4) is 11.4 Å². The summed E-state index contributed by atoms with van der Waals surface area (Å²) in [5.41, 5.74) is 2.66. The first-order valence-electron chi connectivity index (χ1n) is 9.33. The Labute approximate surface area is 162 Å². The van der Waals surface area contributed by atoms with Gasteiger partial charge in [0, 0.05) is 43.0 Å². The molecule has 146 valence electrons. The van der Waals surface area contributed by atoms with Crippen molar-refractivity contribution in [1.29, 1.82) is 0 Å². The third-order valence-corrected chi connectivity index (χ3v) is 4.94. The molecule has 1 atom stereocenters. The van der Waals surface area contributed by atoms with Crippen molar-refractivity contribution in [3.63, 3.8) is 0 Å². The molecule has 0 bridgehead atoms. The minimum atomic E-state index is -0.102. The Balaban J connectivity index is 1.34. The molecule has 3 aromatic heterocycles. The van der Waals surface area contributed by atoms with Crippen LogP contribution in [0.5, 0.6) is 0 Å². The number of likely N-dealkylation sites (tertiary alicyclic amines) is 1. The number of hydrogen-bond donors (Lipinski definition) is 1. The van der Waals surface area contributed by atoms with E-state index in [-0.39, 0.29) is 12.1 Å². The summed E-state index contributed by atoms with van der Waals surface area (Å²) in [6.45, 7) is 4.93. The summed E-state index contributed by atoms with van der Waals surface area (Å²) in [6, 6.07) is 3.59. The molecule has 9 nitrogen and oxygen atoms in total. The van der Waals surface area contributed by atoms with Gasteiger partial charge in [0.1, 0.15) is 5.76 Å². The minimum absolute atomic E-state index is 0.00633. The zero-order valence-corrected chi connectivity index (χ0v) is 15.9. The SMILES string of the molecule is Cc1noc(C)c1[C@@H]1CCCN1C(=O)NCCc1nc(-c2cccnc2)no1. The number of amides is 2. The van der Waals surface area contributed by atoms with Crippen LogP contribution in [-0.2, 0) is 6.42 Å². The number of carbonyl (C=O) groups is 1. The maximum atomic E-state index is 12.7. The maximum absolute atomic E-state index is 12.7. The standard InChI is InChI=1S/C19H22N6O3/c1-12-17(13(2)27-23-12)15-6-4-10-25(15)19(26)21-9-7-16-22-18(24-28-16)14-5-3-8-20-11-14/h3,5,8,11,15H,4,6-7,9-10H2,1-2H3,(H,21,26)/t15-/m0/s1. The normalized spacial score (nSPS) is 16.5. The van der Waals surface area contributed by atoms with Crippen molar-refractivity contribution in [2.45, 2.75) is 39.2 Å². The molecule has 0 aromatic carbocycles. The highest BCUT2D eigenvalue weighted by molar-refractivity contribution is 5.75. The van der Waals surface area contributed by atoms with E-state index in [0.717, 1.165) is 35.4 Å². The minimum Gasteiger partial charge on any atom is -0.361 e. The van der Waals surface area contributed by atoms with E-state index >= 15 is 0 Å². The Morgan fingerprint density at radius 3 is 2.96 bits per heavy atom. The van der Waals surface area contributed by atoms with Gasteiger partial charge in [-0.1, -0.05) is 10.3 Å². The second-order valence-electron chi connectivity index (χ2n) is 6.82. The van der Waals surface area contributed by atoms with Crippen molar-refractivity contribution in [1.82, 2.24) is 30.5 Å². The molecule has 9 heteroatoms. The number of nitrogens with one attached hydrogen (secondary N) is 1. The van der Waals surface area contributed by atoms with E-state index in [9.17, 15) is 4.79 Å². The van der Waals surface area contributed by atoms with E-state index in [1.165, 1.54) is 0 Å². The fourth-order valence-electron chi connectivity index (χ4n) is 3.62. The molecule has 2 amide bonds. The van der Waals surface area contributed by atoms with Crippen molar-refractivity contribution >= 4 is 6.03 Å². The number of pyridine rings is 1. The largest absolute Gasteiger partial charge is 0.361 e. The Kier molecular flexibility index (Phi) is 5.05. The van der Waals surface area contributed by atoms with E-state index in [4.69, 9.17) is 9.05 Å². The molecule has 1 aliphatic heterocycles. The van der Waals surface area contributed by atoms with Gasteiger partial charge in [0.25, 0.3) is 0 Å². The van der Waals surface area contributed by atoms with E-state index in [2.05, 4.69) is 25.6 Å². The molecule has 1 saturated heterocycles. The first-order chi connectivity index (χ1) is 13.6. The Morgan fingerprint density at radius 1 is 1.32 bits per heavy atom. The zero-order valence-electron chi connectivity index (χ0n) is 15.9. The molecule has 0 spiro atoms. The number of aromatic nitrogens is 4. The van der Waals surface area contributed by atoms with Crippen LogP contribution < -0.4 is 5.32 Å². The van der Waals surface area contributed by atoms with Gasteiger partial charge in [-0.3, -0.25) is 4.98 Å². The Bertz CT molecular complexity index is 932. The number of urea groups is 1. The van der Waals surface area contributed by atoms with Gasteiger partial charge in [0.05, 0.1) is 11.7 Å². The van der Waals surface area contributed by atoms with Crippen molar-refractivity contribution in [2.75, 3.05) is 13.1 Å². The van der Waals surface area contributed by atoms with E-state index in [1.54, 1.807) is 12.4 Å². The van der Waals surface area contributed by atoms with Gasteiger partial charge in [-0.05, 0) is 38.8 Å². The predicted molar refractivity (Wildman–Crippen MR) is 99.3 cm³/mol. The molecular weight excluding hydrogens is 360 g/mol. The van der Waals surface area contributed by atoms with Crippen molar-refractivity contribution in [2.24, 2.45) is 0 Å². The van der Waals surface area contributed by atoms with E-state index in [1.807, 2.05) is 30.9 Å². The summed E-state index contributed by atoms with van der Waals surface area (Å²) in [5, 5.41) is 10.9. The fourth-order valence-corrected chi connectivity index (χ4v) is 3.62. The summed E-state index contributed by atoms with van der Waals surface area (Å²) in [7, 11) is 0. The highest BCUT2D eigenvalue weighted by Crippen LogP contribution is 2.35. The second-order valence-corrected chi connectivity index (χ2v) is 6.82. The number of rotatable bonds is 5. The molecule has 0 radical (unpaired) electrons. The number of nitrogens with zero attached hydrogens (tertiary/aromatic N) is 5. The first-order valence-corrected chi connectivity index (χ1v) is 9.33. The Hall–Kier alpha value is -3.23. The topological polar surface area (TPSA) is 110 Å². The second kappa shape index (κ2) is 7.79. The van der Waals surface area contributed by atoms with Gasteiger partial charge in [-0.2, -0.15) is 4.98 Å². The molecular formula is C19H22N6O3. The van der Waals surface area contributed by atoms with Gasteiger partial charge in [0.15, 0.2) is 0 Å². The molecule has 0 unspecified atom stereocenters. The lowest BCUT2D eigenvalue weighted by Gasteiger charge is -2.24. The lowest BCUT2D eigenvalue weighted by Crippen LogP contribution is -2.40. The quantitative estimate of drug-likeness (QED) is 0.722. The molecule has 1 aliphatic rings. The molecule has 1 fully saturated rings. The molecule has 28 heavy (non-hydrogen) atoms. The average Bonchev–Trinajstić information content (AvgIpc) is 3.43. The van der Waals surface area contributed by atoms with Crippen LogP contribution in [0.3, 0.4) is 0 Å². The molecule has 4 heterocycles. The van der Waals surface area contributed by atoms with Crippen LogP contribution in [0.25, 0.3) is 11.4 Å². The van der Waals surface area contributed by atoms with Gasteiger partial charge in [-0.15, -0.1) is 0 Å². The van der Waals surface area contributed by atoms with Gasteiger partial charge in [-0.25, -0.2) is 4.79 Å². The smallest absolute Gasteiger partial charge is 0.317 e. The van der Waals surface area contributed by atoms with Gasteiger partial charge < -0.3 is 19.3 Å². The highest BCUT2D eigenvalue weighted by atomic mass is 16.5. The summed E-state index contributed by atoms with van der Waals surface area (Å²) >= 11 is 0. The van der Waals surface area contributed by atoms with Gasteiger partial charge in [0.2, 0.25) is 11.7 Å². The fraction of sp³-hybridized carbons (Fsp3) is 0.421. The molecule has 0 saturated carbocycles. The van der Waals surface area contributed by atoms with Crippen molar-refractivity contribution < 1.29 is 13.8 Å². The first kappa shape index (κ1) is 18.1. The molecule has 4 rings (SSSR count). The summed E-state index contributed by atoms with van der Waals surface area (Å²) in [6.07, 6.45) is 5.70. The average molecular weight is 382 g/mol. The van der Waals surface area contributed by atoms with Gasteiger partial charge >= 0.3 is 6.03 Å². The van der Waals surface area contributed by atoms with Crippen LogP contribution in [0, 0.1) is 13.8 Å². The monoisotopic (exact) mass is 382 g/mol. The lowest BCUT2D eigenvalue weighted by atomic mass is 10.0. The third kappa shape index (κ3) is 3.60. The van der Waals surface area contributed by atoms with E-state index in [0.29, 0.717) is 31.2 Å². The van der Waals surface area contributed by atoms with Crippen LogP contribution in [0.4, 0.5) is 4.79 Å². The van der Waals surface area contributed by atoms with Crippen LogP contribution in [-0.4, -0.2) is 44.3 Å². The maximum Gasteiger partial charge on any atom is 0.317 e. The van der Waals surface area contributed by atoms with Crippen LogP contribution in [0.1, 0.15) is 41.8 Å². The summed E-state index contributed by atoms with van der Waals surface area (Å²) in [4.78, 5) is 22.9. The zero-order chi connectivity index (χ0) is 19.5. The van der Waals surface area contributed by atoms with E-state index < -0.39 is 0 Å². The highest BCUT2D eigenvalue weighted by Gasteiger charge is 2.33. The van der Waals surface area contributed by atoms with Crippen LogP contribution in [0.15, 0.2) is 33.6 Å². The third-order valence-electron chi connectivity index (χ3n) is 4.94. The van der Waals surface area contributed by atoms with Crippen LogP contribution >= 0.6 is 0 Å². The summed E-state index contributed by atoms with van der Waals surface area (Å²) in [5.74, 6) is 1.74. The number of carbonyl (C=O) groups excluding carboxylic acids is 1. The summed E-state index contributed by atoms with van der Waals surface area (Å²) < 4.78 is 10.5. The number of aryl methyl sites for hydroxylation is 2. The van der Waals surface area contributed by atoms with Crippen molar-refractivity contribution in [3.05, 3.63) is 47.4 Å². The Morgan fingerprint density at radius 2 is 2.21 bits per heavy atom. The molecule has 0 aliphatic carbocycles. The molecule has 3 aromatic rings. The number of hydrogen-bond acceptors (Lipinski definition) is 7. The lowest BCUT2D eigenvalue weighted by molar-refractivity contribution is 0.192. The predicted octanol–water partition coefficient (Wildman–Crippen LogP) is 2.83.